The Bertz CT molecular complexity index is 763. The van der Waals surface area contributed by atoms with Crippen LogP contribution in [0.1, 0.15) is 5.56 Å². The number of amides is 1. The summed E-state index contributed by atoms with van der Waals surface area (Å²) in [5, 5.41) is 6.01. The highest BCUT2D eigenvalue weighted by atomic mass is 16.6. The third kappa shape index (κ3) is 2.73. The Hall–Kier alpha value is -2.96. The van der Waals surface area contributed by atoms with Crippen molar-refractivity contribution in [3.63, 3.8) is 0 Å². The monoisotopic (exact) mass is 313 g/mol. The molecule has 1 aromatic heterocycles. The van der Waals surface area contributed by atoms with Gasteiger partial charge in [-0.2, -0.15) is 0 Å². The molecule has 3 heterocycles. The number of rotatable bonds is 3. The molecule has 2 N–H and O–H groups in total. The summed E-state index contributed by atoms with van der Waals surface area (Å²) in [6.07, 6.45) is 1.67. The van der Waals surface area contributed by atoms with E-state index in [-0.39, 0.29) is 12.5 Å². The minimum atomic E-state index is -0.181. The van der Waals surface area contributed by atoms with Gasteiger partial charge in [-0.05, 0) is 12.1 Å². The second-order valence-electron chi connectivity index (χ2n) is 5.21. The summed E-state index contributed by atoms with van der Waals surface area (Å²) >= 11 is 0. The number of hydrogen-bond donors (Lipinski definition) is 2. The van der Waals surface area contributed by atoms with Crippen LogP contribution in [0.3, 0.4) is 0 Å². The van der Waals surface area contributed by atoms with Crippen LogP contribution < -0.4 is 24.8 Å². The van der Waals surface area contributed by atoms with Gasteiger partial charge in [0.2, 0.25) is 5.88 Å². The Morgan fingerprint density at radius 1 is 1.22 bits per heavy atom. The second-order valence-corrected chi connectivity index (χ2v) is 5.21. The van der Waals surface area contributed by atoms with Crippen molar-refractivity contribution in [2.75, 3.05) is 30.5 Å². The van der Waals surface area contributed by atoms with E-state index in [1.807, 2.05) is 18.2 Å². The SMILES string of the molecule is O=C1COc2ncc(NCc3cccc4c3OCCO4)cc2N1. The molecule has 0 aliphatic carbocycles. The van der Waals surface area contributed by atoms with E-state index in [0.29, 0.717) is 31.3 Å². The van der Waals surface area contributed by atoms with E-state index in [0.717, 1.165) is 22.7 Å². The second kappa shape index (κ2) is 5.68. The number of ether oxygens (including phenoxy) is 3. The first-order valence-electron chi connectivity index (χ1n) is 7.34. The van der Waals surface area contributed by atoms with E-state index in [4.69, 9.17) is 14.2 Å². The molecule has 2 aromatic rings. The van der Waals surface area contributed by atoms with E-state index in [1.165, 1.54) is 0 Å². The number of pyridine rings is 1. The molecule has 7 heteroatoms. The Kier molecular flexibility index (Phi) is 3.38. The number of anilines is 2. The fourth-order valence-corrected chi connectivity index (χ4v) is 2.54. The zero-order chi connectivity index (χ0) is 15.6. The van der Waals surface area contributed by atoms with Crippen LogP contribution in [-0.4, -0.2) is 30.7 Å². The largest absolute Gasteiger partial charge is 0.486 e. The third-order valence-electron chi connectivity index (χ3n) is 3.60. The molecule has 0 saturated carbocycles. The predicted molar refractivity (Wildman–Crippen MR) is 83.1 cm³/mol. The topological polar surface area (TPSA) is 81.7 Å². The summed E-state index contributed by atoms with van der Waals surface area (Å²) in [6, 6.07) is 7.61. The fraction of sp³-hybridized carbons (Fsp3) is 0.250. The molecule has 7 nitrogen and oxygen atoms in total. The maximum atomic E-state index is 11.4. The number of carbonyl (C=O) groups excluding carboxylic acids is 1. The molecule has 118 valence electrons. The molecule has 0 spiro atoms. The van der Waals surface area contributed by atoms with Gasteiger partial charge in [0, 0.05) is 12.1 Å². The fourth-order valence-electron chi connectivity index (χ4n) is 2.54. The number of benzene rings is 1. The lowest BCUT2D eigenvalue weighted by atomic mass is 10.1. The van der Waals surface area contributed by atoms with Crippen molar-refractivity contribution in [1.29, 1.82) is 0 Å². The van der Waals surface area contributed by atoms with Gasteiger partial charge >= 0.3 is 0 Å². The summed E-state index contributed by atoms with van der Waals surface area (Å²) in [5.41, 5.74) is 2.35. The van der Waals surface area contributed by atoms with Crippen LogP contribution >= 0.6 is 0 Å². The highest BCUT2D eigenvalue weighted by Crippen LogP contribution is 2.34. The standard InChI is InChI=1S/C16H15N3O4/c20-14-9-23-16-12(19-14)6-11(8-18-16)17-7-10-2-1-3-13-15(10)22-5-4-21-13/h1-3,6,8,17H,4-5,7,9H2,(H,19,20). The molecule has 4 rings (SSSR count). The van der Waals surface area contributed by atoms with Crippen molar-refractivity contribution >= 4 is 17.3 Å². The zero-order valence-electron chi connectivity index (χ0n) is 12.3. The van der Waals surface area contributed by atoms with Crippen molar-refractivity contribution in [1.82, 2.24) is 4.98 Å². The molecular formula is C16H15N3O4. The highest BCUT2D eigenvalue weighted by molar-refractivity contribution is 5.95. The first-order valence-corrected chi connectivity index (χ1v) is 7.34. The van der Waals surface area contributed by atoms with Crippen LogP contribution in [0.25, 0.3) is 0 Å². The van der Waals surface area contributed by atoms with Crippen molar-refractivity contribution in [3.05, 3.63) is 36.0 Å². The van der Waals surface area contributed by atoms with Gasteiger partial charge in [0.25, 0.3) is 5.91 Å². The van der Waals surface area contributed by atoms with Gasteiger partial charge in [-0.3, -0.25) is 4.79 Å². The number of nitrogens with zero attached hydrogens (tertiary/aromatic N) is 1. The first-order chi connectivity index (χ1) is 11.3. The van der Waals surface area contributed by atoms with Crippen LogP contribution in [0.15, 0.2) is 30.5 Å². The van der Waals surface area contributed by atoms with Crippen LogP contribution in [0.2, 0.25) is 0 Å². The molecule has 1 amide bonds. The first kappa shape index (κ1) is 13.7. The minimum absolute atomic E-state index is 0.000264. The third-order valence-corrected chi connectivity index (χ3v) is 3.60. The summed E-state index contributed by atoms with van der Waals surface area (Å²) < 4.78 is 16.5. The van der Waals surface area contributed by atoms with Crippen molar-refractivity contribution < 1.29 is 19.0 Å². The molecule has 0 fully saturated rings. The Labute approximate surface area is 132 Å². The highest BCUT2D eigenvalue weighted by Gasteiger charge is 2.18. The van der Waals surface area contributed by atoms with E-state index < -0.39 is 0 Å². The van der Waals surface area contributed by atoms with Crippen LogP contribution in [0, 0.1) is 0 Å². The van der Waals surface area contributed by atoms with Gasteiger partial charge in [0.05, 0.1) is 11.9 Å². The zero-order valence-corrected chi connectivity index (χ0v) is 12.3. The van der Waals surface area contributed by atoms with Crippen LogP contribution in [-0.2, 0) is 11.3 Å². The normalized spacial score (nSPS) is 15.2. The summed E-state index contributed by atoms with van der Waals surface area (Å²) in [5.74, 6) is 1.79. The number of para-hydroxylation sites is 1. The lowest BCUT2D eigenvalue weighted by Crippen LogP contribution is -2.26. The van der Waals surface area contributed by atoms with Gasteiger partial charge < -0.3 is 24.8 Å². The Morgan fingerprint density at radius 3 is 3.09 bits per heavy atom. The lowest BCUT2D eigenvalue weighted by Gasteiger charge is -2.21. The van der Waals surface area contributed by atoms with Crippen LogP contribution in [0.5, 0.6) is 17.4 Å². The van der Waals surface area contributed by atoms with Crippen molar-refractivity contribution in [3.8, 4) is 17.4 Å². The quantitative estimate of drug-likeness (QED) is 0.899. The summed E-state index contributed by atoms with van der Waals surface area (Å²) in [4.78, 5) is 15.6. The van der Waals surface area contributed by atoms with E-state index in [2.05, 4.69) is 15.6 Å². The number of nitrogens with one attached hydrogen (secondary N) is 2. The van der Waals surface area contributed by atoms with E-state index >= 15 is 0 Å². The lowest BCUT2D eigenvalue weighted by molar-refractivity contribution is -0.118. The average Bonchev–Trinajstić information content (AvgIpc) is 2.59. The predicted octanol–water partition coefficient (Wildman–Crippen LogP) is 1.80. The smallest absolute Gasteiger partial charge is 0.262 e. The number of carbonyl (C=O) groups is 1. The maximum absolute atomic E-state index is 11.4. The Balaban J connectivity index is 1.51. The van der Waals surface area contributed by atoms with Gasteiger partial charge in [-0.1, -0.05) is 12.1 Å². The molecule has 23 heavy (non-hydrogen) atoms. The minimum Gasteiger partial charge on any atom is -0.486 e. The number of aromatic nitrogens is 1. The van der Waals surface area contributed by atoms with E-state index in [9.17, 15) is 4.79 Å². The Morgan fingerprint density at radius 2 is 2.13 bits per heavy atom. The van der Waals surface area contributed by atoms with Crippen LogP contribution in [0.4, 0.5) is 11.4 Å². The summed E-state index contributed by atoms with van der Waals surface area (Å²) in [7, 11) is 0. The van der Waals surface area contributed by atoms with Gasteiger partial charge in [0.1, 0.15) is 18.9 Å². The molecule has 0 atom stereocenters. The number of fused-ring (bicyclic) bond motifs is 2. The average molecular weight is 313 g/mol. The van der Waals surface area contributed by atoms with Crippen molar-refractivity contribution in [2.45, 2.75) is 6.54 Å². The molecule has 2 aliphatic rings. The molecule has 0 saturated heterocycles. The van der Waals surface area contributed by atoms with Gasteiger partial charge in [-0.25, -0.2) is 4.98 Å². The van der Waals surface area contributed by atoms with Gasteiger partial charge in [-0.15, -0.1) is 0 Å². The van der Waals surface area contributed by atoms with Crippen molar-refractivity contribution in [2.24, 2.45) is 0 Å². The molecular weight excluding hydrogens is 298 g/mol. The van der Waals surface area contributed by atoms with E-state index in [1.54, 1.807) is 12.3 Å². The molecule has 0 radical (unpaired) electrons. The number of hydrogen-bond acceptors (Lipinski definition) is 6. The molecule has 0 bridgehead atoms. The summed E-state index contributed by atoms with van der Waals surface area (Å²) in [6.45, 7) is 1.67. The molecule has 1 aromatic carbocycles. The van der Waals surface area contributed by atoms with Gasteiger partial charge in [0.15, 0.2) is 18.1 Å². The molecule has 2 aliphatic heterocycles. The molecule has 0 unspecified atom stereocenters. The maximum Gasteiger partial charge on any atom is 0.262 e.